The molecular weight excluding hydrogens is 326 g/mol. The van der Waals surface area contributed by atoms with Crippen molar-refractivity contribution in [3.05, 3.63) is 46.7 Å². The van der Waals surface area contributed by atoms with Gasteiger partial charge in [0.1, 0.15) is 5.60 Å². The van der Waals surface area contributed by atoms with Gasteiger partial charge in [-0.25, -0.2) is 13.1 Å². The molecule has 2 N–H and O–H groups in total. The third-order valence-corrected chi connectivity index (χ3v) is 5.15. The van der Waals surface area contributed by atoms with E-state index in [2.05, 4.69) is 9.82 Å². The summed E-state index contributed by atoms with van der Waals surface area (Å²) in [5.74, 6) is 0. The van der Waals surface area contributed by atoms with Crippen LogP contribution >= 0.6 is 11.6 Å². The van der Waals surface area contributed by atoms with E-state index in [4.69, 9.17) is 11.6 Å². The second kappa shape index (κ2) is 6.00. The summed E-state index contributed by atoms with van der Waals surface area (Å²) in [6.07, 6.45) is 3.14. The molecule has 0 saturated carbocycles. The van der Waals surface area contributed by atoms with Crippen LogP contribution in [-0.4, -0.2) is 29.8 Å². The Hall–Kier alpha value is -1.41. The summed E-state index contributed by atoms with van der Waals surface area (Å²) in [6.45, 7) is 3.04. The molecule has 0 aliphatic carbocycles. The molecule has 2 aromatic rings. The minimum atomic E-state index is -3.77. The zero-order chi connectivity index (χ0) is 16.5. The average molecular weight is 344 g/mol. The van der Waals surface area contributed by atoms with Crippen LogP contribution in [0.5, 0.6) is 0 Å². The molecule has 1 atom stereocenters. The van der Waals surface area contributed by atoms with Gasteiger partial charge in [-0.3, -0.25) is 4.68 Å². The van der Waals surface area contributed by atoms with Gasteiger partial charge < -0.3 is 5.11 Å². The summed E-state index contributed by atoms with van der Waals surface area (Å²) in [5, 5.41) is 14.7. The first-order valence-corrected chi connectivity index (χ1v) is 8.45. The van der Waals surface area contributed by atoms with Crippen LogP contribution in [0.15, 0.2) is 35.5 Å². The van der Waals surface area contributed by atoms with Gasteiger partial charge in [0.05, 0.1) is 11.1 Å². The molecule has 1 aromatic carbocycles. The van der Waals surface area contributed by atoms with E-state index in [9.17, 15) is 13.5 Å². The lowest BCUT2D eigenvalue weighted by molar-refractivity contribution is 0.0627. The molecule has 0 radical (unpaired) electrons. The number of sulfonamides is 1. The number of halogens is 1. The Kier molecular flexibility index (Phi) is 4.62. The summed E-state index contributed by atoms with van der Waals surface area (Å²) in [6, 6.07) is 4.65. The normalized spacial score (nSPS) is 14.8. The fraction of sp³-hybridized carbons (Fsp3) is 0.357. The van der Waals surface area contributed by atoms with Crippen LogP contribution in [0.1, 0.15) is 18.1 Å². The van der Waals surface area contributed by atoms with E-state index in [1.54, 1.807) is 37.0 Å². The molecule has 1 heterocycles. The smallest absolute Gasteiger partial charge is 0.240 e. The van der Waals surface area contributed by atoms with Crippen LogP contribution in [0.3, 0.4) is 0 Å². The maximum atomic E-state index is 12.4. The molecular formula is C14H18ClN3O3S. The molecule has 120 valence electrons. The number of aryl methyl sites for hydroxylation is 2. The Labute approximate surface area is 134 Å². The van der Waals surface area contributed by atoms with Crippen LogP contribution in [-0.2, 0) is 22.7 Å². The van der Waals surface area contributed by atoms with E-state index in [0.29, 0.717) is 16.1 Å². The summed E-state index contributed by atoms with van der Waals surface area (Å²) in [7, 11) is -2.05. The lowest BCUT2D eigenvalue weighted by Crippen LogP contribution is -2.38. The summed E-state index contributed by atoms with van der Waals surface area (Å²) >= 11 is 5.86. The topological polar surface area (TPSA) is 84.2 Å². The molecule has 0 aliphatic heterocycles. The second-order valence-electron chi connectivity index (χ2n) is 5.41. The standard InChI is InChI=1S/C14H18ClN3O3S/c1-10-4-5-12(15)6-13(10)22(20,21)17-9-14(2,19)11-7-16-18(3)8-11/h4-8,17,19H,9H2,1-3H3. The third-order valence-electron chi connectivity index (χ3n) is 3.37. The van der Waals surface area contributed by atoms with E-state index >= 15 is 0 Å². The van der Waals surface area contributed by atoms with Gasteiger partial charge in [-0.05, 0) is 31.5 Å². The minimum Gasteiger partial charge on any atom is -0.384 e. The number of aliphatic hydroxyl groups is 1. The number of hydrogen-bond donors (Lipinski definition) is 2. The quantitative estimate of drug-likeness (QED) is 0.863. The van der Waals surface area contributed by atoms with Gasteiger partial charge in [0.15, 0.2) is 0 Å². The Bertz CT molecular complexity index is 784. The van der Waals surface area contributed by atoms with Gasteiger partial charge in [0, 0.05) is 30.4 Å². The van der Waals surface area contributed by atoms with Gasteiger partial charge in [0.25, 0.3) is 0 Å². The fourth-order valence-electron chi connectivity index (χ4n) is 1.98. The number of nitrogens with zero attached hydrogens (tertiary/aromatic N) is 2. The molecule has 0 spiro atoms. The van der Waals surface area contributed by atoms with Crippen LogP contribution in [0.2, 0.25) is 5.02 Å². The molecule has 0 amide bonds. The molecule has 22 heavy (non-hydrogen) atoms. The predicted octanol–water partition coefficient (Wildman–Crippen LogP) is 1.57. The number of rotatable bonds is 5. The van der Waals surface area contributed by atoms with E-state index in [-0.39, 0.29) is 11.4 Å². The lowest BCUT2D eigenvalue weighted by atomic mass is 10.0. The lowest BCUT2D eigenvalue weighted by Gasteiger charge is -2.22. The van der Waals surface area contributed by atoms with Crippen molar-refractivity contribution in [3.63, 3.8) is 0 Å². The first kappa shape index (κ1) is 17.0. The Morgan fingerprint density at radius 3 is 2.73 bits per heavy atom. The highest BCUT2D eigenvalue weighted by atomic mass is 35.5. The van der Waals surface area contributed by atoms with Crippen LogP contribution in [0, 0.1) is 6.92 Å². The Balaban J connectivity index is 2.21. The van der Waals surface area contributed by atoms with Gasteiger partial charge in [-0.1, -0.05) is 17.7 Å². The maximum absolute atomic E-state index is 12.4. The zero-order valence-electron chi connectivity index (χ0n) is 12.5. The van der Waals surface area contributed by atoms with Crippen LogP contribution < -0.4 is 4.72 Å². The first-order valence-electron chi connectivity index (χ1n) is 6.59. The van der Waals surface area contributed by atoms with Crippen molar-refractivity contribution in [1.29, 1.82) is 0 Å². The third kappa shape index (κ3) is 3.67. The fourth-order valence-corrected chi connectivity index (χ4v) is 3.62. The van der Waals surface area contributed by atoms with Crippen molar-refractivity contribution in [2.24, 2.45) is 7.05 Å². The van der Waals surface area contributed by atoms with Gasteiger partial charge in [0.2, 0.25) is 10.0 Å². The monoisotopic (exact) mass is 343 g/mol. The number of benzene rings is 1. The number of nitrogens with one attached hydrogen (secondary N) is 1. The highest BCUT2D eigenvalue weighted by Crippen LogP contribution is 2.22. The number of aromatic nitrogens is 2. The van der Waals surface area contributed by atoms with E-state index in [1.807, 2.05) is 0 Å². The molecule has 0 aliphatic rings. The molecule has 6 nitrogen and oxygen atoms in total. The summed E-state index contributed by atoms with van der Waals surface area (Å²) in [5.41, 5.74) is -0.258. The van der Waals surface area contributed by atoms with E-state index in [0.717, 1.165) is 0 Å². The molecule has 1 unspecified atom stereocenters. The number of hydrogen-bond acceptors (Lipinski definition) is 4. The van der Waals surface area contributed by atoms with Crippen molar-refractivity contribution < 1.29 is 13.5 Å². The van der Waals surface area contributed by atoms with Gasteiger partial charge in [-0.15, -0.1) is 0 Å². The largest absolute Gasteiger partial charge is 0.384 e. The van der Waals surface area contributed by atoms with Crippen molar-refractivity contribution in [3.8, 4) is 0 Å². The minimum absolute atomic E-state index is 0.0991. The molecule has 0 bridgehead atoms. The molecule has 0 saturated heterocycles. The SMILES string of the molecule is Cc1ccc(Cl)cc1S(=O)(=O)NCC(C)(O)c1cnn(C)c1. The maximum Gasteiger partial charge on any atom is 0.240 e. The molecule has 0 fully saturated rings. The molecule has 8 heteroatoms. The van der Waals surface area contributed by atoms with Crippen molar-refractivity contribution >= 4 is 21.6 Å². The van der Waals surface area contributed by atoms with Crippen molar-refractivity contribution in [2.45, 2.75) is 24.3 Å². The van der Waals surface area contributed by atoms with Gasteiger partial charge in [-0.2, -0.15) is 5.10 Å². The molecule has 2 rings (SSSR count). The van der Waals surface area contributed by atoms with Crippen molar-refractivity contribution in [2.75, 3.05) is 6.54 Å². The van der Waals surface area contributed by atoms with E-state index < -0.39 is 15.6 Å². The van der Waals surface area contributed by atoms with Crippen LogP contribution in [0.25, 0.3) is 0 Å². The summed E-state index contributed by atoms with van der Waals surface area (Å²) in [4.78, 5) is 0.0991. The Morgan fingerprint density at radius 1 is 1.45 bits per heavy atom. The average Bonchev–Trinajstić information content (AvgIpc) is 2.87. The van der Waals surface area contributed by atoms with Crippen molar-refractivity contribution in [1.82, 2.24) is 14.5 Å². The highest BCUT2D eigenvalue weighted by Gasteiger charge is 2.28. The second-order valence-corrected chi connectivity index (χ2v) is 7.58. The van der Waals surface area contributed by atoms with E-state index in [1.165, 1.54) is 19.2 Å². The highest BCUT2D eigenvalue weighted by molar-refractivity contribution is 7.89. The summed E-state index contributed by atoms with van der Waals surface area (Å²) < 4.78 is 28.7. The Morgan fingerprint density at radius 2 is 2.14 bits per heavy atom. The zero-order valence-corrected chi connectivity index (χ0v) is 14.1. The predicted molar refractivity (Wildman–Crippen MR) is 84.2 cm³/mol. The first-order chi connectivity index (χ1) is 10.1. The molecule has 1 aromatic heterocycles. The van der Waals surface area contributed by atoms with Gasteiger partial charge >= 0.3 is 0 Å². The van der Waals surface area contributed by atoms with Crippen LogP contribution in [0.4, 0.5) is 0 Å².